The van der Waals surface area contributed by atoms with Crippen LogP contribution in [0.15, 0.2) is 10.3 Å². The smallest absolute Gasteiger partial charge is 0.333 e. The number of thiophene rings is 1. The minimum absolute atomic E-state index is 0. The summed E-state index contributed by atoms with van der Waals surface area (Å²) in [5.41, 5.74) is 6.58. The molecule has 1 radical (unpaired) electrons. The van der Waals surface area contributed by atoms with E-state index in [0.29, 0.717) is 18.9 Å². The molecule has 1 saturated heterocycles. The number of nitriles is 1. The molecule has 11 heteroatoms. The van der Waals surface area contributed by atoms with Gasteiger partial charge in [-0.1, -0.05) is 6.07 Å². The summed E-state index contributed by atoms with van der Waals surface area (Å²) in [4.78, 5) is 16.1. The maximum atomic E-state index is 13.3. The number of nitrogens with one attached hydrogen (secondary N) is 2. The van der Waals surface area contributed by atoms with Gasteiger partial charge in [-0.15, -0.1) is 11.3 Å². The molecule has 2 aliphatic heterocycles. The Morgan fingerprint density at radius 2 is 1.81 bits per heavy atom. The fraction of sp³-hybridized carbons (Fsp3) is 0.520. The molecule has 0 atom stereocenters. The normalized spacial score (nSPS) is 18.9. The minimum Gasteiger partial charge on any atom is -0.381 e. The molecular weight excluding hydrogens is 507 g/mol. The summed E-state index contributed by atoms with van der Waals surface area (Å²) in [5.74, 6) is 0.515. The molecule has 0 spiro atoms. The number of fused-ring (bicyclic) bond motifs is 3. The first kappa shape index (κ1) is 26.2. The van der Waals surface area contributed by atoms with E-state index < -0.39 is 16.1 Å². The topological polar surface area (TPSA) is 112 Å². The summed E-state index contributed by atoms with van der Waals surface area (Å²) >= 11 is 1.11. The third kappa shape index (κ3) is 4.75. The van der Waals surface area contributed by atoms with Crippen LogP contribution in [-0.2, 0) is 53.4 Å². The van der Waals surface area contributed by atoms with Gasteiger partial charge >= 0.3 is 6.03 Å². The molecule has 2 amide bonds. The van der Waals surface area contributed by atoms with Gasteiger partial charge in [0, 0.05) is 65.7 Å². The number of sulfonamides is 1. The van der Waals surface area contributed by atoms with Crippen LogP contribution in [0.2, 0.25) is 0 Å². The third-order valence-electron chi connectivity index (χ3n) is 7.62. The van der Waals surface area contributed by atoms with E-state index in [1.807, 2.05) is 0 Å². The van der Waals surface area contributed by atoms with Crippen LogP contribution in [0, 0.1) is 17.2 Å². The Bertz CT molecular complexity index is 1330. The van der Waals surface area contributed by atoms with Crippen molar-refractivity contribution in [1.29, 1.82) is 5.26 Å². The zero-order valence-electron chi connectivity index (χ0n) is 20.5. The van der Waals surface area contributed by atoms with Crippen molar-refractivity contribution in [3.63, 3.8) is 0 Å². The number of rotatable bonds is 5. The van der Waals surface area contributed by atoms with Gasteiger partial charge in [-0.2, -0.15) is 5.26 Å². The molecule has 8 nitrogen and oxygen atoms in total. The summed E-state index contributed by atoms with van der Waals surface area (Å²) in [5, 5.41) is 12.7. The Morgan fingerprint density at radius 3 is 2.42 bits per heavy atom. The number of anilines is 1. The summed E-state index contributed by atoms with van der Waals surface area (Å²) in [7, 11) is -4.18. The molecule has 2 N–H and O–H groups in total. The van der Waals surface area contributed by atoms with Gasteiger partial charge in [0.2, 0.25) is 0 Å². The Labute approximate surface area is 237 Å². The van der Waals surface area contributed by atoms with E-state index in [0.717, 1.165) is 103 Å². The van der Waals surface area contributed by atoms with Crippen LogP contribution in [0.3, 0.4) is 0 Å². The average molecular weight is 536 g/mol. The van der Waals surface area contributed by atoms with Gasteiger partial charge in [0.15, 0.2) is 4.21 Å². The number of nitrogens with zero attached hydrogens (tertiary/aromatic N) is 2. The second-order valence-corrected chi connectivity index (χ2v) is 12.9. The number of aryl methyl sites for hydroxylation is 2. The number of carbonyl (C=O) groups is 1. The molecule has 1 aromatic carbocycles. The van der Waals surface area contributed by atoms with E-state index in [-0.39, 0.29) is 39.3 Å². The average Bonchev–Trinajstić information content (AvgIpc) is 3.53. The number of hydrogen-bond acceptors (Lipinski definition) is 7. The number of amides is 2. The quantitative estimate of drug-likeness (QED) is 0.570. The summed E-state index contributed by atoms with van der Waals surface area (Å²) in [6.07, 6.45) is 6.50. The minimum atomic E-state index is -4.18. The first-order valence-corrected chi connectivity index (χ1v) is 14.6. The SMILES string of the molecule is N#Cc1c(S(=O)(=O)NC(=O)Nc2c3c(cc4c2CCC4)CCC3)sc2c1CCN(CC1COC1)C2.[Na]. The number of hydrogen-bond donors (Lipinski definition) is 2. The van der Waals surface area contributed by atoms with Crippen LogP contribution >= 0.6 is 11.3 Å². The predicted octanol–water partition coefficient (Wildman–Crippen LogP) is 2.73. The van der Waals surface area contributed by atoms with E-state index in [4.69, 9.17) is 4.74 Å². The molecule has 2 aromatic rings. The van der Waals surface area contributed by atoms with E-state index in [1.54, 1.807) is 0 Å². The van der Waals surface area contributed by atoms with E-state index >= 15 is 0 Å². The predicted molar refractivity (Wildman–Crippen MR) is 138 cm³/mol. The van der Waals surface area contributed by atoms with Crippen LogP contribution in [0.4, 0.5) is 10.5 Å². The zero-order chi connectivity index (χ0) is 24.2. The van der Waals surface area contributed by atoms with Crippen LogP contribution in [0.1, 0.15) is 51.1 Å². The van der Waals surface area contributed by atoms with Crippen molar-refractivity contribution in [3.8, 4) is 6.07 Å². The summed E-state index contributed by atoms with van der Waals surface area (Å²) < 4.78 is 33.9. The molecule has 185 valence electrons. The first-order chi connectivity index (χ1) is 16.9. The Morgan fingerprint density at radius 1 is 1.11 bits per heavy atom. The Kier molecular flexibility index (Phi) is 7.54. The molecule has 0 unspecified atom stereocenters. The van der Waals surface area contributed by atoms with Gasteiger partial charge in [-0.25, -0.2) is 17.9 Å². The second-order valence-electron chi connectivity index (χ2n) is 9.96. The van der Waals surface area contributed by atoms with Crippen LogP contribution in [-0.4, -0.2) is 75.2 Å². The number of carbonyl (C=O) groups excluding carboxylic acids is 1. The standard InChI is InChI=1S/C25H28N4O4S2.Na/c26-10-21-20-7-8-29(11-15-13-33-14-15)12-22(20)34-24(21)35(31,32)28-25(30)27-23-18-5-1-3-16(18)9-17-4-2-6-19(17)23;/h9,15H,1-8,11-14H2,(H2,27,28,30);. The van der Waals surface area contributed by atoms with Crippen molar-refractivity contribution >= 4 is 62.6 Å². The fourth-order valence-electron chi connectivity index (χ4n) is 5.92. The number of urea groups is 1. The van der Waals surface area contributed by atoms with Crippen LogP contribution < -0.4 is 10.0 Å². The molecule has 0 bridgehead atoms. The zero-order valence-corrected chi connectivity index (χ0v) is 24.1. The number of ether oxygens (including phenoxy) is 1. The van der Waals surface area contributed by atoms with E-state index in [1.165, 1.54) is 11.1 Å². The van der Waals surface area contributed by atoms with Gasteiger partial charge in [0.1, 0.15) is 6.07 Å². The molecule has 6 rings (SSSR count). The van der Waals surface area contributed by atoms with Gasteiger partial charge in [-0.05, 0) is 72.8 Å². The van der Waals surface area contributed by atoms with Crippen LogP contribution in [0.5, 0.6) is 0 Å². The van der Waals surface area contributed by atoms with Gasteiger partial charge < -0.3 is 10.1 Å². The maximum absolute atomic E-state index is 13.3. The van der Waals surface area contributed by atoms with Gasteiger partial charge in [0.05, 0.1) is 18.8 Å². The Hall–Kier alpha value is -1.45. The molecule has 0 saturated carbocycles. The first-order valence-electron chi connectivity index (χ1n) is 12.3. The molecule has 2 aliphatic carbocycles. The number of benzene rings is 1. The molecule has 1 aromatic heterocycles. The monoisotopic (exact) mass is 535 g/mol. The largest absolute Gasteiger partial charge is 0.381 e. The van der Waals surface area contributed by atoms with Crippen LogP contribution in [0.25, 0.3) is 0 Å². The Balaban J connectivity index is 0.00000267. The van der Waals surface area contributed by atoms with E-state index in [2.05, 4.69) is 27.1 Å². The molecule has 4 aliphatic rings. The van der Waals surface area contributed by atoms with Crippen molar-refractivity contribution in [2.45, 2.75) is 55.7 Å². The third-order valence-corrected chi connectivity index (χ3v) is 10.7. The molecule has 36 heavy (non-hydrogen) atoms. The molecule has 1 fully saturated rings. The summed E-state index contributed by atoms with van der Waals surface area (Å²) in [6.45, 7) is 3.85. The van der Waals surface area contributed by atoms with E-state index in [9.17, 15) is 18.5 Å². The fourth-order valence-corrected chi connectivity index (χ4v) is 8.68. The van der Waals surface area contributed by atoms with Gasteiger partial charge in [0.25, 0.3) is 10.0 Å². The van der Waals surface area contributed by atoms with Crippen molar-refractivity contribution in [2.24, 2.45) is 5.92 Å². The van der Waals surface area contributed by atoms with Crippen molar-refractivity contribution in [3.05, 3.63) is 44.3 Å². The van der Waals surface area contributed by atoms with Gasteiger partial charge in [-0.3, -0.25) is 4.90 Å². The van der Waals surface area contributed by atoms with Crippen molar-refractivity contribution in [1.82, 2.24) is 9.62 Å². The molecular formula is C25H28N4NaO4S2. The maximum Gasteiger partial charge on any atom is 0.333 e. The summed E-state index contributed by atoms with van der Waals surface area (Å²) in [6, 6.07) is 3.60. The second kappa shape index (κ2) is 10.4. The van der Waals surface area contributed by atoms with Crippen molar-refractivity contribution in [2.75, 3.05) is 31.6 Å². The van der Waals surface area contributed by atoms with Crippen molar-refractivity contribution < 1.29 is 17.9 Å². The molecule has 3 heterocycles.